The minimum Gasteiger partial charge on any atom is -0.114 e. The molecule has 0 spiro atoms. The summed E-state index contributed by atoms with van der Waals surface area (Å²) in [6.07, 6.45) is 17.6. The van der Waals surface area contributed by atoms with Crippen molar-refractivity contribution >= 4 is 49.8 Å². The molecule has 0 radical (unpaired) electrons. The largest absolute Gasteiger partial charge is 0.114 e. The second-order valence-electron chi connectivity index (χ2n) is 7.78. The third-order valence-corrected chi connectivity index (χ3v) is 12.5. The van der Waals surface area contributed by atoms with E-state index in [2.05, 4.69) is 41.5 Å². The fourth-order valence-electron chi connectivity index (χ4n) is 3.05. The van der Waals surface area contributed by atoms with Gasteiger partial charge in [0.1, 0.15) is 0 Å². The summed E-state index contributed by atoms with van der Waals surface area (Å²) in [6, 6.07) is 0. The molecule has 0 saturated carbocycles. The van der Waals surface area contributed by atoms with Gasteiger partial charge in [0, 0.05) is 0 Å². The average Bonchev–Trinajstić information content (AvgIpc) is 2.51. The van der Waals surface area contributed by atoms with Gasteiger partial charge in [0.15, 0.2) is 0 Å². The predicted molar refractivity (Wildman–Crippen MR) is 137 cm³/mol. The molecule has 0 heterocycles. The van der Waals surface area contributed by atoms with Crippen LogP contribution in [0.2, 0.25) is 0 Å². The molecule has 25 heavy (non-hydrogen) atoms. The van der Waals surface area contributed by atoms with Crippen LogP contribution in [0, 0.1) is 0 Å². The van der Waals surface area contributed by atoms with E-state index in [0.29, 0.717) is 0 Å². The molecule has 0 rings (SSSR count). The van der Waals surface area contributed by atoms with Crippen molar-refractivity contribution < 1.29 is 0 Å². The minimum absolute atomic E-state index is 0. The van der Waals surface area contributed by atoms with Gasteiger partial charge in [0.05, 0.1) is 0 Å². The van der Waals surface area contributed by atoms with E-state index in [0.717, 1.165) is 11.3 Å². The van der Waals surface area contributed by atoms with E-state index in [1.165, 1.54) is 64.2 Å². The zero-order chi connectivity index (χ0) is 17.5. The maximum absolute atomic E-state index is 2.49. The summed E-state index contributed by atoms with van der Waals surface area (Å²) >= 11 is 0. The molecule has 4 heteroatoms. The molecule has 0 nitrogen and oxygen atoms in total. The maximum Gasteiger partial charge on any atom is -0.0116 e. The molecule has 0 bridgehead atoms. The normalized spacial score (nSPS) is 13.4. The first-order chi connectivity index (χ1) is 11.0. The van der Waals surface area contributed by atoms with E-state index in [1.54, 1.807) is 18.2 Å². The third kappa shape index (κ3) is 18.9. The minimum atomic E-state index is 0. The first kappa shape index (κ1) is 31.5. The summed E-state index contributed by atoms with van der Waals surface area (Å²) < 4.78 is 0. The van der Waals surface area contributed by atoms with E-state index < -0.39 is 0 Å². The van der Waals surface area contributed by atoms with E-state index in [9.17, 15) is 0 Å². The number of halogens is 2. The van der Waals surface area contributed by atoms with Crippen molar-refractivity contribution in [3.63, 3.8) is 0 Å². The lowest BCUT2D eigenvalue weighted by atomic mass is 10.2. The Morgan fingerprint density at radius 2 is 0.840 bits per heavy atom. The summed E-state index contributed by atoms with van der Waals surface area (Å²) in [5, 5.41) is 0. The van der Waals surface area contributed by atoms with Crippen molar-refractivity contribution in [3.05, 3.63) is 0 Å². The van der Waals surface area contributed by atoms with Crippen LogP contribution in [0.15, 0.2) is 0 Å². The number of rotatable bonds is 16. The quantitative estimate of drug-likeness (QED) is 0.140. The summed E-state index contributed by atoms with van der Waals surface area (Å²) in [4.78, 5) is 0. The van der Waals surface area contributed by atoms with E-state index in [-0.39, 0.29) is 49.8 Å². The van der Waals surface area contributed by atoms with Crippen molar-refractivity contribution in [2.75, 3.05) is 18.2 Å². The van der Waals surface area contributed by atoms with Gasteiger partial charge in [0.2, 0.25) is 0 Å². The van der Waals surface area contributed by atoms with Gasteiger partial charge in [-0.1, -0.05) is 109 Å². The summed E-state index contributed by atoms with van der Waals surface area (Å²) in [7, 11) is 0.578. The van der Waals surface area contributed by atoms with Gasteiger partial charge in [-0.3, -0.25) is 0 Å². The molecule has 0 aliphatic rings. The number of hydrogen-bond donors (Lipinski definition) is 0. The molecule has 0 saturated heterocycles. The first-order valence-corrected chi connectivity index (χ1v) is 14.1. The van der Waals surface area contributed by atoms with Crippen molar-refractivity contribution in [1.82, 2.24) is 0 Å². The molecule has 2 unspecified atom stereocenters. The zero-order valence-electron chi connectivity index (χ0n) is 18.1. The van der Waals surface area contributed by atoms with E-state index in [1.807, 2.05) is 0 Å². The number of unbranched alkanes of at least 4 members (excludes halogenated alkanes) is 8. The van der Waals surface area contributed by atoms with Gasteiger partial charge in [-0.25, -0.2) is 0 Å². The highest BCUT2D eigenvalue weighted by atomic mass is 79.9. The molecule has 156 valence electrons. The molecular weight excluding hydrogens is 474 g/mol. The van der Waals surface area contributed by atoms with Crippen molar-refractivity contribution in [2.24, 2.45) is 0 Å². The van der Waals surface area contributed by atoms with Gasteiger partial charge in [0.25, 0.3) is 0 Å². The molecule has 0 fully saturated rings. The van der Waals surface area contributed by atoms with E-state index in [4.69, 9.17) is 0 Å². The van der Waals surface area contributed by atoms with Crippen molar-refractivity contribution in [1.29, 1.82) is 0 Å². The third-order valence-electron chi connectivity index (χ3n) is 4.92. The average molecular weight is 522 g/mol. The molecule has 0 aromatic carbocycles. The topological polar surface area (TPSA) is 0 Å². The van der Waals surface area contributed by atoms with Crippen molar-refractivity contribution in [2.45, 2.75) is 117 Å². The van der Waals surface area contributed by atoms with Gasteiger partial charge < -0.3 is 0 Å². The molecule has 2 atom stereocenters. The van der Waals surface area contributed by atoms with Gasteiger partial charge >= 0.3 is 0 Å². The Kier molecular flexibility index (Phi) is 27.9. The van der Waals surface area contributed by atoms with Crippen LogP contribution in [0.5, 0.6) is 0 Å². The van der Waals surface area contributed by atoms with Crippen LogP contribution in [-0.2, 0) is 0 Å². The maximum atomic E-state index is 2.49. The standard InChI is InChI=1S/C21H46P2.2BrH/c1-7-9-11-13-15-17-22(20(3)4)19-23(21(5)6)18-16-14-12-10-8-2;;/h20-21H,7-19H2,1-6H3;2*1H. The highest BCUT2D eigenvalue weighted by Crippen LogP contribution is 2.56. The summed E-state index contributed by atoms with van der Waals surface area (Å²) in [6.45, 7) is 14.6. The monoisotopic (exact) mass is 520 g/mol. The van der Waals surface area contributed by atoms with Crippen LogP contribution in [0.4, 0.5) is 0 Å². The smallest absolute Gasteiger partial charge is 0.0116 e. The van der Waals surface area contributed by atoms with Crippen LogP contribution in [0.25, 0.3) is 0 Å². The Morgan fingerprint density at radius 3 is 1.12 bits per heavy atom. The van der Waals surface area contributed by atoms with Crippen LogP contribution >= 0.6 is 49.8 Å². The fraction of sp³-hybridized carbons (Fsp3) is 1.00. The lowest BCUT2D eigenvalue weighted by Crippen LogP contribution is -2.07. The molecule has 0 N–H and O–H groups in total. The molecule has 0 aliphatic carbocycles. The molecule has 0 aliphatic heterocycles. The van der Waals surface area contributed by atoms with E-state index >= 15 is 0 Å². The van der Waals surface area contributed by atoms with Crippen LogP contribution in [0.1, 0.15) is 106 Å². The van der Waals surface area contributed by atoms with Crippen molar-refractivity contribution in [3.8, 4) is 0 Å². The lowest BCUT2D eigenvalue weighted by Gasteiger charge is -2.30. The molecular formula is C21H48Br2P2. The highest BCUT2D eigenvalue weighted by molar-refractivity contribution is 8.93. The predicted octanol–water partition coefficient (Wildman–Crippen LogP) is 9.82. The van der Waals surface area contributed by atoms with Gasteiger partial charge in [-0.15, -0.1) is 34.0 Å². The second-order valence-corrected chi connectivity index (χ2v) is 14.2. The Balaban J connectivity index is -0.00000242. The molecule has 0 aromatic heterocycles. The Bertz CT molecular complexity index is 224. The zero-order valence-corrected chi connectivity index (χ0v) is 23.3. The van der Waals surface area contributed by atoms with Crippen LogP contribution < -0.4 is 0 Å². The number of hydrogen-bond acceptors (Lipinski definition) is 0. The van der Waals surface area contributed by atoms with Crippen LogP contribution in [-0.4, -0.2) is 29.5 Å². The Labute approximate surface area is 184 Å². The van der Waals surface area contributed by atoms with Gasteiger partial charge in [-0.2, -0.15) is 0 Å². The summed E-state index contributed by atoms with van der Waals surface area (Å²) in [5.74, 6) is 1.61. The Hall–Kier alpha value is 1.82. The SMILES string of the molecule is Br.Br.CCCCCCCP(CP(CCCCCCC)C(C)C)C(C)C. The molecule has 0 amide bonds. The molecule has 0 aromatic rings. The van der Waals surface area contributed by atoms with Gasteiger partial charge in [-0.05, 0) is 42.4 Å². The lowest BCUT2D eigenvalue weighted by molar-refractivity contribution is 0.657. The fourth-order valence-corrected chi connectivity index (χ4v) is 11.0. The van der Waals surface area contributed by atoms with Crippen LogP contribution in [0.3, 0.4) is 0 Å². The first-order valence-electron chi connectivity index (χ1n) is 10.5. The Morgan fingerprint density at radius 1 is 0.520 bits per heavy atom. The highest BCUT2D eigenvalue weighted by Gasteiger charge is 2.20. The summed E-state index contributed by atoms with van der Waals surface area (Å²) in [5.41, 5.74) is 1.89. The second kappa shape index (κ2) is 22.1.